The van der Waals surface area contributed by atoms with Crippen molar-refractivity contribution in [1.29, 1.82) is 0 Å². The number of nitrogens with zero attached hydrogens (tertiary/aromatic N) is 4. The van der Waals surface area contributed by atoms with E-state index in [1.165, 1.54) is 0 Å². The van der Waals surface area contributed by atoms with E-state index in [9.17, 15) is 9.59 Å². The standard InChI is InChI=1S/C24H32N4O3/c1-16(2)14-19-21-20(22(29)31-24(3,4)5)25-15-27(21)17-10-6-7-11-18(17)28(19)23(30)26-12-8-9-13-26/h6-7,10-11,15-16,19H,8-9,12-14H2,1-5H3/t19-/m0/s1. The van der Waals surface area contributed by atoms with Crippen LogP contribution in [-0.2, 0) is 4.74 Å². The highest BCUT2D eigenvalue weighted by Gasteiger charge is 2.41. The maximum atomic E-state index is 13.7. The summed E-state index contributed by atoms with van der Waals surface area (Å²) in [5.74, 6) is -0.137. The van der Waals surface area contributed by atoms with Crippen molar-refractivity contribution in [2.24, 2.45) is 5.92 Å². The molecule has 0 radical (unpaired) electrons. The molecule has 2 aliphatic rings. The van der Waals surface area contributed by atoms with E-state index in [0.717, 1.165) is 49.4 Å². The van der Waals surface area contributed by atoms with Crippen LogP contribution in [0.2, 0.25) is 0 Å². The number of benzene rings is 1. The Morgan fingerprint density at radius 3 is 2.39 bits per heavy atom. The SMILES string of the molecule is CC(C)C[C@H]1c2c(C(=O)OC(C)(C)C)ncn2-c2ccccc2N1C(=O)N1CCCC1. The van der Waals surface area contributed by atoms with Crippen LogP contribution in [0.15, 0.2) is 30.6 Å². The average Bonchev–Trinajstić information content (AvgIpc) is 3.36. The molecule has 1 saturated heterocycles. The normalized spacial score (nSPS) is 18.2. The lowest BCUT2D eigenvalue weighted by molar-refractivity contribution is 0.00610. The zero-order valence-electron chi connectivity index (χ0n) is 19.1. The smallest absolute Gasteiger partial charge is 0.359 e. The van der Waals surface area contributed by atoms with E-state index >= 15 is 0 Å². The highest BCUT2D eigenvalue weighted by atomic mass is 16.6. The number of carbonyl (C=O) groups is 2. The zero-order valence-corrected chi connectivity index (χ0v) is 19.1. The molecule has 0 bridgehead atoms. The Morgan fingerprint density at radius 1 is 1.13 bits per heavy atom. The topological polar surface area (TPSA) is 67.7 Å². The molecule has 7 nitrogen and oxygen atoms in total. The van der Waals surface area contributed by atoms with Crippen molar-refractivity contribution in [2.75, 3.05) is 18.0 Å². The fourth-order valence-corrected chi connectivity index (χ4v) is 4.47. The van der Waals surface area contributed by atoms with E-state index in [-0.39, 0.29) is 17.8 Å². The van der Waals surface area contributed by atoms with Crippen LogP contribution in [0, 0.1) is 5.92 Å². The molecule has 2 aromatic rings. The quantitative estimate of drug-likeness (QED) is 0.654. The molecule has 0 spiro atoms. The fourth-order valence-electron chi connectivity index (χ4n) is 4.47. The molecule has 7 heteroatoms. The van der Waals surface area contributed by atoms with Crippen molar-refractivity contribution in [3.05, 3.63) is 42.0 Å². The van der Waals surface area contributed by atoms with Crippen molar-refractivity contribution >= 4 is 17.7 Å². The monoisotopic (exact) mass is 424 g/mol. The second-order valence-electron chi connectivity index (χ2n) is 9.83. The van der Waals surface area contributed by atoms with Crippen LogP contribution < -0.4 is 4.90 Å². The Balaban J connectivity index is 1.86. The third-order valence-electron chi connectivity index (χ3n) is 5.70. The molecule has 1 fully saturated rings. The van der Waals surface area contributed by atoms with Crippen molar-refractivity contribution in [2.45, 2.75) is 65.5 Å². The molecular weight excluding hydrogens is 392 g/mol. The van der Waals surface area contributed by atoms with Gasteiger partial charge in [0.15, 0.2) is 5.69 Å². The second-order valence-corrected chi connectivity index (χ2v) is 9.83. The largest absolute Gasteiger partial charge is 0.455 e. The lowest BCUT2D eigenvalue weighted by Crippen LogP contribution is -2.47. The first-order chi connectivity index (χ1) is 14.7. The lowest BCUT2D eigenvalue weighted by Gasteiger charge is -2.40. The number of aromatic nitrogens is 2. The number of likely N-dealkylation sites (tertiary alicyclic amines) is 1. The molecule has 31 heavy (non-hydrogen) atoms. The fraction of sp³-hybridized carbons (Fsp3) is 0.542. The second kappa shape index (κ2) is 8.02. The summed E-state index contributed by atoms with van der Waals surface area (Å²) in [5, 5.41) is 0. The number of rotatable bonds is 3. The number of fused-ring (bicyclic) bond motifs is 3. The summed E-state index contributed by atoms with van der Waals surface area (Å²) >= 11 is 0. The van der Waals surface area contributed by atoms with E-state index in [4.69, 9.17) is 4.74 Å². The summed E-state index contributed by atoms with van der Waals surface area (Å²) in [4.78, 5) is 35.0. The Bertz CT molecular complexity index is 983. The van der Waals surface area contributed by atoms with Gasteiger partial charge in [-0.25, -0.2) is 14.6 Å². The van der Waals surface area contributed by atoms with E-state index < -0.39 is 11.6 Å². The Hall–Kier alpha value is -2.83. The first kappa shape index (κ1) is 21.4. The maximum absolute atomic E-state index is 13.7. The average molecular weight is 425 g/mol. The molecule has 4 rings (SSSR count). The van der Waals surface area contributed by atoms with Crippen molar-refractivity contribution < 1.29 is 14.3 Å². The third kappa shape index (κ3) is 4.05. The van der Waals surface area contributed by atoms with Crippen LogP contribution in [0.5, 0.6) is 0 Å². The van der Waals surface area contributed by atoms with Gasteiger partial charge < -0.3 is 9.64 Å². The Labute approximate surface area is 184 Å². The minimum atomic E-state index is -0.626. The van der Waals surface area contributed by atoms with Gasteiger partial charge >= 0.3 is 12.0 Å². The molecule has 0 saturated carbocycles. The van der Waals surface area contributed by atoms with Crippen molar-refractivity contribution in [3.63, 3.8) is 0 Å². The molecular formula is C24H32N4O3. The molecule has 0 N–H and O–H groups in total. The van der Waals surface area contributed by atoms with E-state index in [1.54, 1.807) is 6.33 Å². The van der Waals surface area contributed by atoms with Crippen molar-refractivity contribution in [3.8, 4) is 5.69 Å². The van der Waals surface area contributed by atoms with Gasteiger partial charge in [-0.3, -0.25) is 9.47 Å². The molecule has 2 aliphatic heterocycles. The predicted molar refractivity (Wildman–Crippen MR) is 120 cm³/mol. The minimum Gasteiger partial charge on any atom is -0.455 e. The molecule has 1 atom stereocenters. The van der Waals surface area contributed by atoms with Crippen molar-refractivity contribution in [1.82, 2.24) is 14.5 Å². The first-order valence-electron chi connectivity index (χ1n) is 11.2. The van der Waals surface area contributed by atoms with Gasteiger partial charge in [-0.15, -0.1) is 0 Å². The number of urea groups is 1. The number of ether oxygens (including phenoxy) is 1. The van der Waals surface area contributed by atoms with Crippen LogP contribution in [0.25, 0.3) is 5.69 Å². The molecule has 1 aromatic heterocycles. The molecule has 1 aromatic carbocycles. The highest BCUT2D eigenvalue weighted by molar-refractivity contribution is 5.98. The van der Waals surface area contributed by atoms with Crippen LogP contribution >= 0.6 is 0 Å². The number of para-hydroxylation sites is 2. The number of hydrogen-bond acceptors (Lipinski definition) is 4. The summed E-state index contributed by atoms with van der Waals surface area (Å²) in [6.07, 6.45) is 4.45. The number of imidazole rings is 1. The van der Waals surface area contributed by atoms with E-state index in [1.807, 2.05) is 59.4 Å². The molecule has 2 amide bonds. The number of hydrogen-bond donors (Lipinski definition) is 0. The van der Waals surface area contributed by atoms with Gasteiger partial charge in [0, 0.05) is 13.1 Å². The molecule has 0 unspecified atom stereocenters. The number of anilines is 1. The lowest BCUT2D eigenvalue weighted by atomic mass is 9.95. The third-order valence-corrected chi connectivity index (χ3v) is 5.70. The van der Waals surface area contributed by atoms with Crippen LogP contribution in [0.3, 0.4) is 0 Å². The van der Waals surface area contributed by atoms with Gasteiger partial charge in [0.1, 0.15) is 11.9 Å². The maximum Gasteiger partial charge on any atom is 0.359 e. The molecule has 0 aliphatic carbocycles. The van der Waals surface area contributed by atoms with Gasteiger partial charge in [-0.2, -0.15) is 0 Å². The van der Waals surface area contributed by atoms with Crippen LogP contribution in [0.4, 0.5) is 10.5 Å². The van der Waals surface area contributed by atoms with Crippen LogP contribution in [-0.4, -0.2) is 45.1 Å². The molecule has 3 heterocycles. The van der Waals surface area contributed by atoms with E-state index in [0.29, 0.717) is 5.92 Å². The summed E-state index contributed by atoms with van der Waals surface area (Å²) in [5.41, 5.74) is 2.10. The number of esters is 1. The minimum absolute atomic E-state index is 0.00168. The number of amides is 2. The Kier molecular flexibility index (Phi) is 5.54. The number of carbonyl (C=O) groups excluding carboxylic acids is 2. The summed E-state index contributed by atoms with van der Waals surface area (Å²) in [7, 11) is 0. The molecule has 166 valence electrons. The van der Waals surface area contributed by atoms with Gasteiger partial charge in [0.05, 0.1) is 23.1 Å². The van der Waals surface area contributed by atoms with Gasteiger partial charge in [-0.1, -0.05) is 26.0 Å². The Morgan fingerprint density at radius 2 is 1.77 bits per heavy atom. The van der Waals surface area contributed by atoms with Gasteiger partial charge in [0.25, 0.3) is 0 Å². The first-order valence-corrected chi connectivity index (χ1v) is 11.2. The van der Waals surface area contributed by atoms with E-state index in [2.05, 4.69) is 18.8 Å². The van der Waals surface area contributed by atoms with Gasteiger partial charge in [0.2, 0.25) is 0 Å². The highest BCUT2D eigenvalue weighted by Crippen LogP contribution is 2.43. The predicted octanol–water partition coefficient (Wildman–Crippen LogP) is 4.95. The summed E-state index contributed by atoms with van der Waals surface area (Å²) in [6, 6.07) is 7.54. The van der Waals surface area contributed by atoms with Crippen LogP contribution in [0.1, 0.15) is 76.1 Å². The zero-order chi connectivity index (χ0) is 22.3. The summed E-state index contributed by atoms with van der Waals surface area (Å²) < 4.78 is 7.61. The van der Waals surface area contributed by atoms with Gasteiger partial charge in [-0.05, 0) is 58.1 Å². The summed E-state index contributed by atoms with van der Waals surface area (Å²) in [6.45, 7) is 11.3.